The highest BCUT2D eigenvalue weighted by Crippen LogP contribution is 2.46. The molecule has 2 rings (SSSR count). The van der Waals surface area contributed by atoms with Gasteiger partial charge in [0, 0.05) is 12.1 Å². The van der Waals surface area contributed by atoms with E-state index >= 15 is 0 Å². The van der Waals surface area contributed by atoms with Gasteiger partial charge in [-0.3, -0.25) is 4.79 Å². The van der Waals surface area contributed by atoms with Gasteiger partial charge in [0.2, 0.25) is 0 Å². The van der Waals surface area contributed by atoms with Gasteiger partial charge in [0.05, 0.1) is 6.42 Å². The summed E-state index contributed by atoms with van der Waals surface area (Å²) in [5.41, 5.74) is 0.294. The Morgan fingerprint density at radius 3 is 2.59 bits per heavy atom. The number of nitrogens with one attached hydrogen (secondary N) is 1. The third kappa shape index (κ3) is 2.82. The number of piperidine rings is 1. The van der Waals surface area contributed by atoms with Crippen LogP contribution in [0.4, 0.5) is 0 Å². The number of carboxylic acid groups (broad SMARTS) is 1. The minimum Gasteiger partial charge on any atom is -0.481 e. The predicted molar refractivity (Wildman–Crippen MR) is 68.0 cm³/mol. The zero-order valence-corrected chi connectivity index (χ0v) is 10.9. The molecule has 0 bridgehead atoms. The summed E-state index contributed by atoms with van der Waals surface area (Å²) in [6.07, 6.45) is 10.2. The summed E-state index contributed by atoms with van der Waals surface area (Å²) < 4.78 is 0. The SMILES string of the molecule is CC[C@@H]1CCC2(CCCCC2)[C@H](CC(=O)O)N1. The maximum atomic E-state index is 11.0. The van der Waals surface area contributed by atoms with E-state index in [4.69, 9.17) is 5.11 Å². The molecule has 3 heteroatoms. The van der Waals surface area contributed by atoms with Crippen LogP contribution in [-0.2, 0) is 4.79 Å². The first-order valence-corrected chi connectivity index (χ1v) is 7.14. The van der Waals surface area contributed by atoms with Gasteiger partial charge in [-0.2, -0.15) is 0 Å². The van der Waals surface area contributed by atoms with Crippen LogP contribution in [0.5, 0.6) is 0 Å². The van der Waals surface area contributed by atoms with E-state index in [2.05, 4.69) is 12.2 Å². The number of carboxylic acids is 1. The quantitative estimate of drug-likeness (QED) is 0.796. The van der Waals surface area contributed by atoms with Crippen molar-refractivity contribution in [2.24, 2.45) is 5.41 Å². The van der Waals surface area contributed by atoms with Crippen LogP contribution < -0.4 is 5.32 Å². The number of aliphatic carboxylic acids is 1. The van der Waals surface area contributed by atoms with E-state index in [1.54, 1.807) is 0 Å². The molecular weight excluding hydrogens is 214 g/mol. The topological polar surface area (TPSA) is 49.3 Å². The molecule has 1 saturated heterocycles. The van der Waals surface area contributed by atoms with Crippen molar-refractivity contribution >= 4 is 5.97 Å². The van der Waals surface area contributed by atoms with E-state index in [-0.39, 0.29) is 6.04 Å². The number of hydrogen-bond donors (Lipinski definition) is 2. The van der Waals surface area contributed by atoms with Gasteiger partial charge in [0.25, 0.3) is 0 Å². The standard InChI is InChI=1S/C14H25NO2/c1-2-11-6-9-14(7-4-3-5-8-14)12(15-11)10-13(16)17/h11-12,15H,2-10H2,1H3,(H,16,17)/t11-,12+/m1/s1. The lowest BCUT2D eigenvalue weighted by atomic mass is 9.63. The fourth-order valence-electron chi connectivity index (χ4n) is 3.81. The maximum Gasteiger partial charge on any atom is 0.304 e. The van der Waals surface area contributed by atoms with Gasteiger partial charge in [0.15, 0.2) is 0 Å². The molecule has 2 N–H and O–H groups in total. The molecule has 2 aliphatic rings. The highest BCUT2D eigenvalue weighted by molar-refractivity contribution is 5.67. The molecule has 1 heterocycles. The Balaban J connectivity index is 2.08. The summed E-state index contributed by atoms with van der Waals surface area (Å²) in [4.78, 5) is 11.0. The molecule has 17 heavy (non-hydrogen) atoms. The average Bonchev–Trinajstić information content (AvgIpc) is 2.33. The second-order valence-electron chi connectivity index (χ2n) is 5.88. The van der Waals surface area contributed by atoms with Crippen molar-refractivity contribution in [2.45, 2.75) is 76.8 Å². The van der Waals surface area contributed by atoms with Gasteiger partial charge in [-0.25, -0.2) is 0 Å². The second-order valence-corrected chi connectivity index (χ2v) is 5.88. The average molecular weight is 239 g/mol. The van der Waals surface area contributed by atoms with Crippen LogP contribution in [0, 0.1) is 5.41 Å². The molecule has 0 aromatic rings. The molecule has 1 aliphatic carbocycles. The van der Waals surface area contributed by atoms with E-state index in [9.17, 15) is 4.79 Å². The van der Waals surface area contributed by atoms with E-state index < -0.39 is 5.97 Å². The van der Waals surface area contributed by atoms with E-state index in [0.29, 0.717) is 17.9 Å². The molecule has 2 fully saturated rings. The Labute approximate surface area is 104 Å². The van der Waals surface area contributed by atoms with Crippen molar-refractivity contribution in [3.63, 3.8) is 0 Å². The monoisotopic (exact) mass is 239 g/mol. The Hall–Kier alpha value is -0.570. The highest BCUT2D eigenvalue weighted by Gasteiger charge is 2.43. The minimum atomic E-state index is -0.649. The first-order chi connectivity index (χ1) is 8.16. The van der Waals surface area contributed by atoms with Crippen molar-refractivity contribution < 1.29 is 9.90 Å². The molecule has 3 nitrogen and oxygen atoms in total. The van der Waals surface area contributed by atoms with Crippen LogP contribution in [0.25, 0.3) is 0 Å². The molecule has 0 aromatic carbocycles. The number of carbonyl (C=O) groups is 1. The van der Waals surface area contributed by atoms with Gasteiger partial charge >= 0.3 is 5.97 Å². The van der Waals surface area contributed by atoms with Crippen LogP contribution >= 0.6 is 0 Å². The Kier molecular flexibility index (Phi) is 4.08. The van der Waals surface area contributed by atoms with Gasteiger partial charge in [-0.05, 0) is 37.5 Å². The summed E-state index contributed by atoms with van der Waals surface area (Å²) in [6, 6.07) is 0.742. The van der Waals surface area contributed by atoms with Crippen LogP contribution in [0.15, 0.2) is 0 Å². The zero-order chi connectivity index (χ0) is 12.3. The normalized spacial score (nSPS) is 32.5. The Morgan fingerprint density at radius 1 is 1.29 bits per heavy atom. The van der Waals surface area contributed by atoms with Gasteiger partial charge in [0.1, 0.15) is 0 Å². The number of rotatable bonds is 3. The van der Waals surface area contributed by atoms with Gasteiger partial charge < -0.3 is 10.4 Å². The predicted octanol–water partition coefficient (Wildman–Crippen LogP) is 2.94. The maximum absolute atomic E-state index is 11.0. The lowest BCUT2D eigenvalue weighted by Gasteiger charge is -2.49. The second kappa shape index (κ2) is 5.38. The summed E-state index contributed by atoms with van der Waals surface area (Å²) >= 11 is 0. The molecule has 0 aromatic heterocycles. The first kappa shape index (κ1) is 12.9. The van der Waals surface area contributed by atoms with Crippen LogP contribution in [-0.4, -0.2) is 23.2 Å². The summed E-state index contributed by atoms with van der Waals surface area (Å²) in [5.74, 6) is -0.649. The largest absolute Gasteiger partial charge is 0.481 e. The van der Waals surface area contributed by atoms with Crippen molar-refractivity contribution in [1.29, 1.82) is 0 Å². The minimum absolute atomic E-state index is 0.207. The molecule has 1 spiro atoms. The van der Waals surface area contributed by atoms with Crippen LogP contribution in [0.1, 0.15) is 64.7 Å². The molecule has 0 amide bonds. The van der Waals surface area contributed by atoms with Crippen molar-refractivity contribution in [3.8, 4) is 0 Å². The number of hydrogen-bond acceptors (Lipinski definition) is 2. The molecule has 2 atom stereocenters. The molecule has 1 saturated carbocycles. The van der Waals surface area contributed by atoms with Gasteiger partial charge in [-0.1, -0.05) is 26.2 Å². The highest BCUT2D eigenvalue weighted by atomic mass is 16.4. The molecule has 98 valence electrons. The summed E-state index contributed by atoms with van der Waals surface area (Å²) in [7, 11) is 0. The molecular formula is C14H25NO2. The van der Waals surface area contributed by atoms with E-state index in [1.807, 2.05) is 0 Å². The Morgan fingerprint density at radius 2 is 2.00 bits per heavy atom. The molecule has 0 unspecified atom stereocenters. The first-order valence-electron chi connectivity index (χ1n) is 7.14. The Bertz CT molecular complexity index is 271. The summed E-state index contributed by atoms with van der Waals surface area (Å²) in [5, 5.41) is 12.7. The lowest BCUT2D eigenvalue weighted by Crippen LogP contribution is -2.55. The van der Waals surface area contributed by atoms with Crippen LogP contribution in [0.3, 0.4) is 0 Å². The zero-order valence-electron chi connectivity index (χ0n) is 10.9. The van der Waals surface area contributed by atoms with Crippen molar-refractivity contribution in [3.05, 3.63) is 0 Å². The van der Waals surface area contributed by atoms with E-state index in [0.717, 1.165) is 6.42 Å². The van der Waals surface area contributed by atoms with Crippen molar-refractivity contribution in [2.75, 3.05) is 0 Å². The smallest absolute Gasteiger partial charge is 0.304 e. The molecule has 1 aliphatic heterocycles. The third-order valence-corrected chi connectivity index (χ3v) is 4.89. The fourth-order valence-corrected chi connectivity index (χ4v) is 3.81. The van der Waals surface area contributed by atoms with Gasteiger partial charge in [-0.15, -0.1) is 0 Å². The molecule has 0 radical (unpaired) electrons. The fraction of sp³-hybridized carbons (Fsp3) is 0.929. The van der Waals surface area contributed by atoms with E-state index in [1.165, 1.54) is 44.9 Å². The lowest BCUT2D eigenvalue weighted by molar-refractivity contribution is -0.139. The summed E-state index contributed by atoms with van der Waals surface area (Å²) in [6.45, 7) is 2.19. The van der Waals surface area contributed by atoms with Crippen molar-refractivity contribution in [1.82, 2.24) is 5.32 Å². The third-order valence-electron chi connectivity index (χ3n) is 4.89. The van der Waals surface area contributed by atoms with Crippen LogP contribution in [0.2, 0.25) is 0 Å².